The topological polar surface area (TPSA) is 60.9 Å². The van der Waals surface area contributed by atoms with E-state index in [4.69, 9.17) is 0 Å². The Labute approximate surface area is 142 Å². The number of hydrogen-bond acceptors (Lipinski definition) is 3. The Morgan fingerprint density at radius 2 is 1.88 bits per heavy atom. The summed E-state index contributed by atoms with van der Waals surface area (Å²) in [6.07, 6.45) is 3.48. The van der Waals surface area contributed by atoms with Crippen molar-refractivity contribution in [3.05, 3.63) is 35.4 Å². The first-order chi connectivity index (χ1) is 11.6. The zero-order chi connectivity index (χ0) is 16.7. The van der Waals surface area contributed by atoms with E-state index >= 15 is 0 Å². The van der Waals surface area contributed by atoms with Gasteiger partial charge >= 0.3 is 0 Å². The molecule has 1 aliphatic carbocycles. The molecule has 5 heteroatoms. The molecule has 0 bridgehead atoms. The van der Waals surface area contributed by atoms with Gasteiger partial charge in [0.1, 0.15) is 0 Å². The van der Waals surface area contributed by atoms with Gasteiger partial charge in [-0.3, -0.25) is 9.59 Å². The van der Waals surface area contributed by atoms with Crippen molar-refractivity contribution < 1.29 is 14.7 Å². The molecule has 1 N–H and O–H groups in total. The number of fused-ring (bicyclic) bond motifs is 3. The molecule has 4 rings (SSSR count). The van der Waals surface area contributed by atoms with Crippen LogP contribution in [0.1, 0.15) is 42.9 Å². The van der Waals surface area contributed by atoms with E-state index in [-0.39, 0.29) is 36.4 Å². The second-order valence-electron chi connectivity index (χ2n) is 7.28. The van der Waals surface area contributed by atoms with Crippen LogP contribution in [0.4, 0.5) is 0 Å². The molecule has 2 heterocycles. The monoisotopic (exact) mass is 328 g/mol. The van der Waals surface area contributed by atoms with Gasteiger partial charge < -0.3 is 14.9 Å². The Hall–Kier alpha value is -1.88. The first kappa shape index (κ1) is 15.6. The quantitative estimate of drug-likeness (QED) is 0.850. The van der Waals surface area contributed by atoms with E-state index in [1.54, 1.807) is 4.90 Å². The molecule has 0 unspecified atom stereocenters. The third-order valence-electron chi connectivity index (χ3n) is 5.81. The average molecular weight is 328 g/mol. The lowest BCUT2D eigenvalue weighted by atomic mass is 9.85. The Balaban J connectivity index is 1.54. The Bertz CT molecular complexity index is 652. The van der Waals surface area contributed by atoms with E-state index < -0.39 is 0 Å². The van der Waals surface area contributed by atoms with Crippen molar-refractivity contribution >= 4 is 11.8 Å². The molecule has 1 aromatic rings. The van der Waals surface area contributed by atoms with Gasteiger partial charge in [-0.1, -0.05) is 24.3 Å². The lowest BCUT2D eigenvalue weighted by Crippen LogP contribution is -2.56. The first-order valence-corrected chi connectivity index (χ1v) is 8.97. The smallest absolute Gasteiger partial charge is 0.242 e. The van der Waals surface area contributed by atoms with E-state index in [9.17, 15) is 14.7 Å². The van der Waals surface area contributed by atoms with E-state index in [0.29, 0.717) is 19.4 Å². The number of nitrogens with zero attached hydrogens (tertiary/aromatic N) is 2. The highest BCUT2D eigenvalue weighted by Crippen LogP contribution is 2.34. The molecule has 1 saturated carbocycles. The number of benzene rings is 1. The maximum Gasteiger partial charge on any atom is 0.242 e. The van der Waals surface area contributed by atoms with Gasteiger partial charge in [0.25, 0.3) is 0 Å². The molecule has 2 amide bonds. The van der Waals surface area contributed by atoms with Crippen LogP contribution in [0.2, 0.25) is 0 Å². The molecule has 0 spiro atoms. The molecule has 1 saturated heterocycles. The van der Waals surface area contributed by atoms with Crippen molar-refractivity contribution in [3.8, 4) is 0 Å². The van der Waals surface area contributed by atoms with Crippen LogP contribution < -0.4 is 0 Å². The number of aliphatic hydroxyl groups excluding tert-OH is 1. The molecule has 5 nitrogen and oxygen atoms in total. The highest BCUT2D eigenvalue weighted by molar-refractivity contribution is 5.87. The lowest BCUT2D eigenvalue weighted by molar-refractivity contribution is -0.152. The van der Waals surface area contributed by atoms with Crippen molar-refractivity contribution in [2.45, 2.75) is 44.2 Å². The minimum atomic E-state index is -0.266. The largest absolute Gasteiger partial charge is 0.393 e. The zero-order valence-corrected chi connectivity index (χ0v) is 13.9. The van der Waals surface area contributed by atoms with Crippen molar-refractivity contribution in [1.82, 2.24) is 9.80 Å². The SMILES string of the molecule is O=C(C1CCC(O)CC1)N1CC(=O)N2CCc3ccccc3[C@H]2C1. The van der Waals surface area contributed by atoms with Gasteiger partial charge in [-0.15, -0.1) is 0 Å². The number of piperazine rings is 1. The van der Waals surface area contributed by atoms with E-state index in [1.807, 2.05) is 17.0 Å². The molecule has 2 aliphatic heterocycles. The Kier molecular flexibility index (Phi) is 4.04. The molecule has 24 heavy (non-hydrogen) atoms. The molecule has 128 valence electrons. The molecule has 2 fully saturated rings. The van der Waals surface area contributed by atoms with Crippen LogP contribution >= 0.6 is 0 Å². The average Bonchev–Trinajstić information content (AvgIpc) is 2.61. The second-order valence-corrected chi connectivity index (χ2v) is 7.28. The van der Waals surface area contributed by atoms with E-state index in [2.05, 4.69) is 12.1 Å². The van der Waals surface area contributed by atoms with Gasteiger partial charge in [0.2, 0.25) is 11.8 Å². The van der Waals surface area contributed by atoms with Gasteiger partial charge in [0.05, 0.1) is 18.7 Å². The maximum atomic E-state index is 12.9. The van der Waals surface area contributed by atoms with Gasteiger partial charge in [0.15, 0.2) is 0 Å². The van der Waals surface area contributed by atoms with Crippen molar-refractivity contribution in [3.63, 3.8) is 0 Å². The summed E-state index contributed by atoms with van der Waals surface area (Å²) in [5, 5.41) is 9.64. The standard InChI is InChI=1S/C19H24N2O3/c22-15-7-5-14(6-8-15)19(24)20-11-17-16-4-2-1-3-13(16)9-10-21(17)18(23)12-20/h1-4,14-15,17,22H,5-12H2/t14?,15?,17-/m1/s1. The summed E-state index contributed by atoms with van der Waals surface area (Å²) in [5.41, 5.74) is 2.48. The van der Waals surface area contributed by atoms with Gasteiger partial charge in [0, 0.05) is 19.0 Å². The predicted molar refractivity (Wildman–Crippen MR) is 89.1 cm³/mol. The summed E-state index contributed by atoms with van der Waals surface area (Å²) in [5.74, 6) is 0.120. The van der Waals surface area contributed by atoms with E-state index in [0.717, 1.165) is 25.8 Å². The molecule has 3 aliphatic rings. The molecular formula is C19H24N2O3. The number of carbonyl (C=O) groups is 2. The lowest BCUT2D eigenvalue weighted by Gasteiger charge is -2.45. The Morgan fingerprint density at radius 3 is 2.67 bits per heavy atom. The van der Waals surface area contributed by atoms with Gasteiger partial charge in [-0.2, -0.15) is 0 Å². The van der Waals surface area contributed by atoms with Crippen LogP contribution in [0.25, 0.3) is 0 Å². The highest BCUT2D eigenvalue weighted by atomic mass is 16.3. The number of amides is 2. The number of hydrogen-bond donors (Lipinski definition) is 1. The molecular weight excluding hydrogens is 304 g/mol. The fourth-order valence-electron chi connectivity index (χ4n) is 4.42. The normalized spacial score (nSPS) is 29.9. The van der Waals surface area contributed by atoms with Crippen LogP contribution in [0.3, 0.4) is 0 Å². The van der Waals surface area contributed by atoms with Crippen LogP contribution in [-0.2, 0) is 16.0 Å². The van der Waals surface area contributed by atoms with Crippen molar-refractivity contribution in [2.24, 2.45) is 5.92 Å². The van der Waals surface area contributed by atoms with Gasteiger partial charge in [-0.05, 0) is 43.2 Å². The predicted octanol–water partition coefficient (Wildman–Crippen LogP) is 1.51. The van der Waals surface area contributed by atoms with Crippen molar-refractivity contribution in [1.29, 1.82) is 0 Å². The number of rotatable bonds is 1. The van der Waals surface area contributed by atoms with Crippen molar-refractivity contribution in [2.75, 3.05) is 19.6 Å². The van der Waals surface area contributed by atoms with Crippen LogP contribution in [0.5, 0.6) is 0 Å². The minimum absolute atomic E-state index is 0.00525. The summed E-state index contributed by atoms with van der Waals surface area (Å²) >= 11 is 0. The fraction of sp³-hybridized carbons (Fsp3) is 0.579. The molecule has 0 radical (unpaired) electrons. The highest BCUT2D eigenvalue weighted by Gasteiger charge is 2.40. The summed E-state index contributed by atoms with van der Waals surface area (Å²) in [7, 11) is 0. The summed E-state index contributed by atoms with van der Waals surface area (Å²) < 4.78 is 0. The summed E-state index contributed by atoms with van der Waals surface area (Å²) in [6.45, 7) is 1.55. The third kappa shape index (κ3) is 2.71. The maximum absolute atomic E-state index is 12.9. The Morgan fingerprint density at radius 1 is 1.12 bits per heavy atom. The number of carbonyl (C=O) groups excluding carboxylic acids is 2. The first-order valence-electron chi connectivity index (χ1n) is 8.97. The molecule has 1 atom stereocenters. The van der Waals surface area contributed by atoms with Gasteiger partial charge in [-0.25, -0.2) is 0 Å². The van der Waals surface area contributed by atoms with Crippen LogP contribution in [-0.4, -0.2) is 52.5 Å². The second kappa shape index (κ2) is 6.20. The minimum Gasteiger partial charge on any atom is -0.393 e. The zero-order valence-electron chi connectivity index (χ0n) is 13.9. The van der Waals surface area contributed by atoms with Crippen LogP contribution in [0.15, 0.2) is 24.3 Å². The molecule has 0 aromatic heterocycles. The number of aliphatic hydroxyl groups is 1. The summed E-state index contributed by atoms with van der Waals surface area (Å²) in [6, 6.07) is 8.25. The van der Waals surface area contributed by atoms with Crippen LogP contribution in [0, 0.1) is 5.92 Å². The molecule has 1 aromatic carbocycles. The third-order valence-corrected chi connectivity index (χ3v) is 5.81. The summed E-state index contributed by atoms with van der Waals surface area (Å²) in [4.78, 5) is 29.1. The van der Waals surface area contributed by atoms with E-state index in [1.165, 1.54) is 11.1 Å². The fourth-order valence-corrected chi connectivity index (χ4v) is 4.42.